The van der Waals surface area contributed by atoms with E-state index in [2.05, 4.69) is 20.9 Å². The number of Topliss-reactive ketones (excluding diaryl/α,β-unsaturated/α-hetero) is 1. The summed E-state index contributed by atoms with van der Waals surface area (Å²) in [5.41, 5.74) is 1.53. The van der Waals surface area contributed by atoms with Crippen LogP contribution in [0.4, 0.5) is 0 Å². The van der Waals surface area contributed by atoms with Crippen molar-refractivity contribution in [1.29, 1.82) is 0 Å². The fourth-order valence-electron chi connectivity index (χ4n) is 1.42. The van der Waals surface area contributed by atoms with Gasteiger partial charge in [-0.25, -0.2) is 4.98 Å². The highest BCUT2D eigenvalue weighted by molar-refractivity contribution is 9.10. The van der Waals surface area contributed by atoms with Crippen molar-refractivity contribution in [3.05, 3.63) is 47.0 Å². The number of benzene rings is 1. The van der Waals surface area contributed by atoms with E-state index in [0.717, 1.165) is 10.2 Å². The first-order valence-corrected chi connectivity index (χ1v) is 5.26. The molecule has 15 heavy (non-hydrogen) atoms. The van der Waals surface area contributed by atoms with Crippen LogP contribution in [-0.2, 0) is 0 Å². The van der Waals surface area contributed by atoms with Gasteiger partial charge in [0.15, 0.2) is 5.78 Å². The lowest BCUT2D eigenvalue weighted by atomic mass is 10.1. The van der Waals surface area contributed by atoms with Gasteiger partial charge in [0.25, 0.3) is 0 Å². The van der Waals surface area contributed by atoms with Crippen LogP contribution in [0.5, 0.6) is 0 Å². The van der Waals surface area contributed by atoms with Gasteiger partial charge in [-0.15, -0.1) is 0 Å². The summed E-state index contributed by atoms with van der Waals surface area (Å²) in [5, 5.41) is 0. The van der Waals surface area contributed by atoms with E-state index < -0.39 is 0 Å². The average molecular weight is 265 g/mol. The third kappa shape index (κ3) is 1.99. The summed E-state index contributed by atoms with van der Waals surface area (Å²) >= 11 is 3.39. The van der Waals surface area contributed by atoms with Gasteiger partial charge in [-0.2, -0.15) is 0 Å². The molecule has 0 aliphatic rings. The predicted octanol–water partition coefficient (Wildman–Crippen LogP) is 2.84. The number of hydrogen-bond donors (Lipinski definition) is 0. The molecule has 0 saturated heterocycles. The monoisotopic (exact) mass is 264 g/mol. The van der Waals surface area contributed by atoms with Crippen molar-refractivity contribution < 1.29 is 4.79 Å². The smallest absolute Gasteiger partial charge is 0.161 e. The Morgan fingerprint density at radius 3 is 2.87 bits per heavy atom. The van der Waals surface area contributed by atoms with Gasteiger partial charge in [-0.05, 0) is 25.1 Å². The van der Waals surface area contributed by atoms with Gasteiger partial charge < -0.3 is 4.57 Å². The summed E-state index contributed by atoms with van der Waals surface area (Å²) < 4.78 is 2.76. The number of nitrogens with zero attached hydrogens (tertiary/aromatic N) is 2. The van der Waals surface area contributed by atoms with Gasteiger partial charge in [0.2, 0.25) is 0 Å². The van der Waals surface area contributed by atoms with Crippen LogP contribution >= 0.6 is 15.9 Å². The molecule has 0 spiro atoms. The van der Waals surface area contributed by atoms with Crippen LogP contribution in [-0.4, -0.2) is 15.3 Å². The van der Waals surface area contributed by atoms with Gasteiger partial charge >= 0.3 is 0 Å². The Kier molecular flexibility index (Phi) is 2.68. The van der Waals surface area contributed by atoms with Crippen molar-refractivity contribution in [1.82, 2.24) is 9.55 Å². The maximum absolute atomic E-state index is 11.4. The van der Waals surface area contributed by atoms with E-state index in [-0.39, 0.29) is 5.78 Å². The topological polar surface area (TPSA) is 34.9 Å². The molecule has 0 unspecified atom stereocenters. The number of rotatable bonds is 2. The quantitative estimate of drug-likeness (QED) is 0.782. The molecule has 0 saturated carbocycles. The Morgan fingerprint density at radius 2 is 2.27 bits per heavy atom. The molecule has 1 aromatic carbocycles. The summed E-state index contributed by atoms with van der Waals surface area (Å²) in [6, 6.07) is 5.57. The van der Waals surface area contributed by atoms with Crippen LogP contribution in [0.2, 0.25) is 0 Å². The highest BCUT2D eigenvalue weighted by Crippen LogP contribution is 2.20. The molecule has 2 aromatic rings. The largest absolute Gasteiger partial charge is 0.306 e. The lowest BCUT2D eigenvalue weighted by Gasteiger charge is -2.07. The van der Waals surface area contributed by atoms with Crippen molar-refractivity contribution in [2.45, 2.75) is 6.92 Å². The van der Waals surface area contributed by atoms with E-state index in [0.29, 0.717) is 5.56 Å². The molecule has 0 bridgehead atoms. The number of hydrogen-bond acceptors (Lipinski definition) is 2. The highest BCUT2D eigenvalue weighted by Gasteiger charge is 2.08. The molecule has 3 nitrogen and oxygen atoms in total. The minimum absolute atomic E-state index is 0.0474. The number of imidazole rings is 1. The molecule has 0 fully saturated rings. The number of carbonyl (C=O) groups is 1. The third-order valence-electron chi connectivity index (χ3n) is 2.12. The minimum Gasteiger partial charge on any atom is -0.306 e. The molecule has 0 N–H and O–H groups in total. The van der Waals surface area contributed by atoms with E-state index in [4.69, 9.17) is 0 Å². The number of halogens is 1. The first-order valence-electron chi connectivity index (χ1n) is 4.47. The number of ketones is 1. The van der Waals surface area contributed by atoms with Crippen LogP contribution in [0.25, 0.3) is 5.69 Å². The second-order valence-electron chi connectivity index (χ2n) is 3.19. The van der Waals surface area contributed by atoms with Crippen molar-refractivity contribution in [2.75, 3.05) is 0 Å². The van der Waals surface area contributed by atoms with E-state index in [1.165, 1.54) is 0 Å². The normalized spacial score (nSPS) is 10.3. The number of aromatic nitrogens is 2. The summed E-state index contributed by atoms with van der Waals surface area (Å²) in [4.78, 5) is 15.4. The summed E-state index contributed by atoms with van der Waals surface area (Å²) in [6.45, 7) is 1.56. The Hall–Kier alpha value is -1.42. The molecular formula is C11H9BrN2O. The average Bonchev–Trinajstić information content (AvgIpc) is 2.69. The Bertz CT molecular complexity index is 491. The maximum Gasteiger partial charge on any atom is 0.161 e. The minimum atomic E-state index is 0.0474. The van der Waals surface area contributed by atoms with Gasteiger partial charge in [0, 0.05) is 22.4 Å². The SMILES string of the molecule is CC(=O)c1ccc(Br)cc1-n1ccnc1. The molecule has 0 atom stereocenters. The van der Waals surface area contributed by atoms with E-state index in [1.807, 2.05) is 29.0 Å². The van der Waals surface area contributed by atoms with E-state index >= 15 is 0 Å². The van der Waals surface area contributed by atoms with Crippen LogP contribution in [0, 0.1) is 0 Å². The molecule has 4 heteroatoms. The van der Waals surface area contributed by atoms with Gasteiger partial charge in [0.05, 0.1) is 12.0 Å². The Balaban J connectivity index is 2.63. The molecule has 0 radical (unpaired) electrons. The Labute approximate surface area is 95.9 Å². The molecule has 1 heterocycles. The van der Waals surface area contributed by atoms with Gasteiger partial charge in [-0.3, -0.25) is 4.79 Å². The second-order valence-corrected chi connectivity index (χ2v) is 4.10. The fraction of sp³-hybridized carbons (Fsp3) is 0.0909. The van der Waals surface area contributed by atoms with Crippen LogP contribution in [0.1, 0.15) is 17.3 Å². The molecule has 0 amide bonds. The maximum atomic E-state index is 11.4. The van der Waals surface area contributed by atoms with Crippen molar-refractivity contribution in [3.8, 4) is 5.69 Å². The zero-order valence-electron chi connectivity index (χ0n) is 8.14. The van der Waals surface area contributed by atoms with Crippen LogP contribution in [0.15, 0.2) is 41.4 Å². The van der Waals surface area contributed by atoms with Crippen molar-refractivity contribution in [2.24, 2.45) is 0 Å². The second kappa shape index (κ2) is 3.98. The lowest BCUT2D eigenvalue weighted by molar-refractivity contribution is 0.101. The van der Waals surface area contributed by atoms with Gasteiger partial charge in [0.1, 0.15) is 0 Å². The first kappa shape index (κ1) is 10.1. The highest BCUT2D eigenvalue weighted by atomic mass is 79.9. The van der Waals surface area contributed by atoms with Crippen LogP contribution in [0.3, 0.4) is 0 Å². The molecule has 76 valence electrons. The van der Waals surface area contributed by atoms with Crippen LogP contribution < -0.4 is 0 Å². The summed E-state index contributed by atoms with van der Waals surface area (Å²) in [6.07, 6.45) is 5.17. The van der Waals surface area contributed by atoms with E-state index in [1.54, 1.807) is 19.4 Å². The summed E-state index contributed by atoms with van der Waals surface area (Å²) in [5.74, 6) is 0.0474. The Morgan fingerprint density at radius 1 is 1.47 bits per heavy atom. The third-order valence-corrected chi connectivity index (χ3v) is 2.61. The lowest BCUT2D eigenvalue weighted by Crippen LogP contribution is -2.01. The zero-order valence-corrected chi connectivity index (χ0v) is 9.73. The first-order chi connectivity index (χ1) is 7.18. The molecule has 2 rings (SSSR count). The summed E-state index contributed by atoms with van der Waals surface area (Å²) in [7, 11) is 0. The number of carbonyl (C=O) groups excluding carboxylic acids is 1. The van der Waals surface area contributed by atoms with Crippen molar-refractivity contribution >= 4 is 21.7 Å². The fourth-order valence-corrected chi connectivity index (χ4v) is 1.77. The van der Waals surface area contributed by atoms with Gasteiger partial charge in [-0.1, -0.05) is 15.9 Å². The predicted molar refractivity (Wildman–Crippen MR) is 61.3 cm³/mol. The molecule has 0 aliphatic carbocycles. The molecule has 0 aliphatic heterocycles. The standard InChI is InChI=1S/C11H9BrN2O/c1-8(15)10-3-2-9(12)6-11(10)14-5-4-13-7-14/h2-7H,1H3. The molecular weight excluding hydrogens is 256 g/mol. The zero-order chi connectivity index (χ0) is 10.8. The molecule has 1 aromatic heterocycles. The van der Waals surface area contributed by atoms with E-state index in [9.17, 15) is 4.79 Å². The van der Waals surface area contributed by atoms with Crippen molar-refractivity contribution in [3.63, 3.8) is 0 Å².